The van der Waals surface area contributed by atoms with Crippen molar-refractivity contribution in [3.8, 4) is 0 Å². The average molecular weight is 1120 g/mol. The third kappa shape index (κ3) is 66.5. The van der Waals surface area contributed by atoms with Crippen LogP contribution in [0, 0.1) is 0 Å². The number of rotatable bonds is 61. The van der Waals surface area contributed by atoms with Gasteiger partial charge in [0.05, 0.1) is 0 Å². The Kier molecular flexibility index (Phi) is 64.8. The van der Waals surface area contributed by atoms with E-state index >= 15 is 0 Å². The second-order valence-corrected chi connectivity index (χ2v) is 22.3. The summed E-state index contributed by atoms with van der Waals surface area (Å²) in [6, 6.07) is 0. The topological polar surface area (TPSA) is 78.9 Å². The van der Waals surface area contributed by atoms with Gasteiger partial charge in [-0.3, -0.25) is 14.4 Å². The fourth-order valence-corrected chi connectivity index (χ4v) is 9.44. The summed E-state index contributed by atoms with van der Waals surface area (Å²) in [7, 11) is 0. The summed E-state index contributed by atoms with van der Waals surface area (Å²) in [5.74, 6) is -0.925. The van der Waals surface area contributed by atoms with Gasteiger partial charge in [-0.2, -0.15) is 0 Å². The van der Waals surface area contributed by atoms with Crippen molar-refractivity contribution in [2.45, 2.75) is 322 Å². The maximum absolute atomic E-state index is 12.9. The molecule has 0 aliphatic heterocycles. The lowest BCUT2D eigenvalue weighted by Gasteiger charge is -2.18. The summed E-state index contributed by atoms with van der Waals surface area (Å²) in [6.45, 7) is 6.41. The Bertz CT molecular complexity index is 1670. The Hall–Kier alpha value is -4.19. The lowest BCUT2D eigenvalue weighted by atomic mass is 10.0. The molecule has 0 aromatic heterocycles. The standard InChI is InChI=1S/C75H126O6/c1-4-7-10-13-16-19-22-25-28-30-31-32-33-34-35-36-37-38-39-40-41-42-43-45-47-50-53-56-59-62-65-68-74(77)80-71-72(70-79-73(76)67-64-61-58-55-52-49-46-27-24-21-18-15-12-9-6-3)81-75(78)69-66-63-60-57-54-51-48-44-29-26-23-20-17-14-11-8-5-2/h7,9-10,12,16,18-19,21,25,27-28,31-32,34-35,37-38,46,52,55,72H,4-6,8,11,13-15,17,20,22-24,26,29-30,33,36,39-45,47-51,53-54,56-71H2,1-3H3/b10-7-,12-9-,19-16-,21-18-,28-25-,32-31-,35-34-,38-37-,46-27-,55-52-. The zero-order valence-electron chi connectivity index (χ0n) is 53.0. The minimum Gasteiger partial charge on any atom is -0.462 e. The molecule has 0 bridgehead atoms. The molecule has 0 aliphatic carbocycles. The van der Waals surface area contributed by atoms with Crippen molar-refractivity contribution in [3.05, 3.63) is 122 Å². The summed E-state index contributed by atoms with van der Waals surface area (Å²) < 4.78 is 16.9. The molecule has 0 fully saturated rings. The molecule has 0 saturated carbocycles. The number of carbonyl (C=O) groups excluding carboxylic acids is 3. The van der Waals surface area contributed by atoms with E-state index in [9.17, 15) is 14.4 Å². The van der Waals surface area contributed by atoms with Gasteiger partial charge in [0, 0.05) is 19.3 Å². The molecule has 0 aromatic carbocycles. The zero-order chi connectivity index (χ0) is 58.5. The first-order valence-electron chi connectivity index (χ1n) is 34.0. The summed E-state index contributed by atoms with van der Waals surface area (Å²) >= 11 is 0. The number of carbonyl (C=O) groups is 3. The van der Waals surface area contributed by atoms with Gasteiger partial charge in [-0.25, -0.2) is 0 Å². The van der Waals surface area contributed by atoms with E-state index < -0.39 is 6.10 Å². The largest absolute Gasteiger partial charge is 0.462 e. The van der Waals surface area contributed by atoms with E-state index in [0.717, 1.165) is 122 Å². The SMILES string of the molecule is CC/C=C\C/C=C\C/C=C\C/C=C\C/C=C\C/C=C\CCCCCCCCCCCCCCC(=O)OCC(COC(=O)CCCC/C=C\C/C=C\C/C=C\C/C=C\CC)OC(=O)CCCCCCCCCCCCCCCCCCC. The maximum Gasteiger partial charge on any atom is 0.306 e. The molecule has 81 heavy (non-hydrogen) atoms. The second-order valence-electron chi connectivity index (χ2n) is 22.3. The molecule has 1 atom stereocenters. The van der Waals surface area contributed by atoms with Crippen LogP contribution in [0.15, 0.2) is 122 Å². The molecule has 0 saturated heterocycles. The summed E-state index contributed by atoms with van der Waals surface area (Å²) in [6.07, 6.45) is 95.1. The van der Waals surface area contributed by atoms with Gasteiger partial charge in [0.2, 0.25) is 0 Å². The van der Waals surface area contributed by atoms with Crippen molar-refractivity contribution in [2.75, 3.05) is 13.2 Å². The highest BCUT2D eigenvalue weighted by molar-refractivity contribution is 5.71. The molecule has 0 spiro atoms. The van der Waals surface area contributed by atoms with Gasteiger partial charge in [-0.15, -0.1) is 0 Å². The fraction of sp³-hybridized carbons (Fsp3) is 0.693. The second kappa shape index (κ2) is 68.3. The van der Waals surface area contributed by atoms with Crippen LogP contribution in [0.25, 0.3) is 0 Å². The first-order chi connectivity index (χ1) is 40.0. The Balaban J connectivity index is 4.30. The van der Waals surface area contributed by atoms with E-state index in [4.69, 9.17) is 14.2 Å². The van der Waals surface area contributed by atoms with Gasteiger partial charge >= 0.3 is 17.9 Å². The summed E-state index contributed by atoms with van der Waals surface area (Å²) in [5.41, 5.74) is 0. The Morgan fingerprint density at radius 1 is 0.259 bits per heavy atom. The predicted octanol–water partition coefficient (Wildman–Crippen LogP) is 23.6. The third-order valence-electron chi connectivity index (χ3n) is 14.5. The molecule has 0 heterocycles. The van der Waals surface area contributed by atoms with Crippen molar-refractivity contribution >= 4 is 17.9 Å². The van der Waals surface area contributed by atoms with Crippen LogP contribution in [-0.2, 0) is 28.6 Å². The van der Waals surface area contributed by atoms with Crippen LogP contribution in [0.1, 0.15) is 316 Å². The van der Waals surface area contributed by atoms with Crippen molar-refractivity contribution in [1.82, 2.24) is 0 Å². The Morgan fingerprint density at radius 3 is 0.778 bits per heavy atom. The van der Waals surface area contributed by atoms with E-state index in [2.05, 4.69) is 142 Å². The van der Waals surface area contributed by atoms with Gasteiger partial charge in [-0.1, -0.05) is 309 Å². The molecule has 0 amide bonds. The van der Waals surface area contributed by atoms with Gasteiger partial charge in [0.25, 0.3) is 0 Å². The molecule has 0 aliphatic rings. The number of hydrogen-bond acceptors (Lipinski definition) is 6. The molecular formula is C75H126O6. The Morgan fingerprint density at radius 2 is 0.481 bits per heavy atom. The molecule has 1 unspecified atom stereocenters. The van der Waals surface area contributed by atoms with E-state index in [0.29, 0.717) is 19.3 Å². The lowest BCUT2D eigenvalue weighted by Crippen LogP contribution is -2.30. The van der Waals surface area contributed by atoms with Crippen molar-refractivity contribution in [3.63, 3.8) is 0 Å². The summed E-state index contributed by atoms with van der Waals surface area (Å²) in [5, 5.41) is 0. The molecule has 462 valence electrons. The zero-order valence-corrected chi connectivity index (χ0v) is 53.0. The van der Waals surface area contributed by atoms with E-state index in [1.165, 1.54) is 154 Å². The molecule has 0 N–H and O–H groups in total. The van der Waals surface area contributed by atoms with Crippen LogP contribution < -0.4 is 0 Å². The highest BCUT2D eigenvalue weighted by Gasteiger charge is 2.19. The molecular weight excluding hydrogens is 997 g/mol. The number of ether oxygens (including phenoxy) is 3. The van der Waals surface area contributed by atoms with E-state index in [1.807, 2.05) is 0 Å². The molecule has 6 heteroatoms. The lowest BCUT2D eigenvalue weighted by molar-refractivity contribution is -0.167. The molecule has 6 nitrogen and oxygen atoms in total. The van der Waals surface area contributed by atoms with Gasteiger partial charge in [0.15, 0.2) is 6.10 Å². The minimum atomic E-state index is -0.797. The van der Waals surface area contributed by atoms with E-state index in [1.54, 1.807) is 0 Å². The monoisotopic (exact) mass is 1120 g/mol. The number of hydrogen-bond donors (Lipinski definition) is 0. The highest BCUT2D eigenvalue weighted by atomic mass is 16.6. The number of allylic oxidation sites excluding steroid dienone is 20. The Labute approximate surface area is 501 Å². The number of esters is 3. The van der Waals surface area contributed by atoms with Gasteiger partial charge < -0.3 is 14.2 Å². The molecule has 0 rings (SSSR count). The molecule has 0 aromatic rings. The maximum atomic E-state index is 12.9. The normalized spacial score (nSPS) is 12.9. The van der Waals surface area contributed by atoms with Crippen LogP contribution in [0.3, 0.4) is 0 Å². The highest BCUT2D eigenvalue weighted by Crippen LogP contribution is 2.17. The smallest absolute Gasteiger partial charge is 0.306 e. The minimum absolute atomic E-state index is 0.0911. The first kappa shape index (κ1) is 76.8. The van der Waals surface area contributed by atoms with Crippen LogP contribution >= 0.6 is 0 Å². The van der Waals surface area contributed by atoms with Crippen LogP contribution in [-0.4, -0.2) is 37.2 Å². The average Bonchev–Trinajstić information content (AvgIpc) is 3.47. The molecule has 0 radical (unpaired) electrons. The van der Waals surface area contributed by atoms with Crippen LogP contribution in [0.2, 0.25) is 0 Å². The fourth-order valence-electron chi connectivity index (χ4n) is 9.44. The van der Waals surface area contributed by atoms with Crippen molar-refractivity contribution in [2.24, 2.45) is 0 Å². The van der Waals surface area contributed by atoms with E-state index in [-0.39, 0.29) is 31.1 Å². The van der Waals surface area contributed by atoms with Gasteiger partial charge in [-0.05, 0) is 109 Å². The van der Waals surface area contributed by atoms with Gasteiger partial charge in [0.1, 0.15) is 13.2 Å². The van der Waals surface area contributed by atoms with Crippen molar-refractivity contribution < 1.29 is 28.6 Å². The van der Waals surface area contributed by atoms with Crippen LogP contribution in [0.4, 0.5) is 0 Å². The third-order valence-corrected chi connectivity index (χ3v) is 14.5. The van der Waals surface area contributed by atoms with Crippen LogP contribution in [0.5, 0.6) is 0 Å². The summed E-state index contributed by atoms with van der Waals surface area (Å²) in [4.78, 5) is 38.4. The first-order valence-corrected chi connectivity index (χ1v) is 34.0. The number of unbranched alkanes of at least 4 members (excludes halogenated alkanes) is 30. The van der Waals surface area contributed by atoms with Crippen molar-refractivity contribution in [1.29, 1.82) is 0 Å². The quantitative estimate of drug-likeness (QED) is 0.0261. The predicted molar refractivity (Wildman–Crippen MR) is 353 cm³/mol.